The van der Waals surface area contributed by atoms with E-state index in [0.29, 0.717) is 0 Å². The first-order valence-electron chi connectivity index (χ1n) is 6.66. The normalized spacial score (nSPS) is 25.4. The predicted octanol–water partition coefficient (Wildman–Crippen LogP) is 2.50. The van der Waals surface area contributed by atoms with E-state index in [0.717, 1.165) is 12.0 Å². The summed E-state index contributed by atoms with van der Waals surface area (Å²) in [5.74, 6) is 0.868. The van der Waals surface area contributed by atoms with E-state index in [4.69, 9.17) is 0 Å². The van der Waals surface area contributed by atoms with Crippen LogP contribution >= 0.6 is 0 Å². The molecule has 1 heterocycles. The molecule has 2 unspecified atom stereocenters. The quantitative estimate of drug-likeness (QED) is 0.728. The van der Waals surface area contributed by atoms with Crippen molar-refractivity contribution in [2.24, 2.45) is 5.92 Å². The van der Waals surface area contributed by atoms with Crippen LogP contribution in [0.25, 0.3) is 0 Å². The Balaban J connectivity index is 2.34. The SMILES string of the molecule is CCCC(C)CN1CCCCC1CNC. The van der Waals surface area contributed by atoms with Crippen molar-refractivity contribution in [1.82, 2.24) is 10.2 Å². The van der Waals surface area contributed by atoms with Crippen molar-refractivity contribution in [3.05, 3.63) is 0 Å². The monoisotopic (exact) mass is 212 g/mol. The van der Waals surface area contributed by atoms with E-state index in [2.05, 4.69) is 31.1 Å². The molecule has 2 nitrogen and oxygen atoms in total. The molecule has 1 saturated heterocycles. The first-order chi connectivity index (χ1) is 7.27. The van der Waals surface area contributed by atoms with Crippen LogP contribution in [0.1, 0.15) is 46.0 Å². The molecular weight excluding hydrogens is 184 g/mol. The van der Waals surface area contributed by atoms with Gasteiger partial charge in [-0.3, -0.25) is 4.90 Å². The lowest BCUT2D eigenvalue weighted by atomic mass is 9.98. The average molecular weight is 212 g/mol. The first kappa shape index (κ1) is 13.0. The molecule has 0 aromatic rings. The summed E-state index contributed by atoms with van der Waals surface area (Å²) in [6.45, 7) is 8.48. The summed E-state index contributed by atoms with van der Waals surface area (Å²) in [5, 5.41) is 3.33. The smallest absolute Gasteiger partial charge is 0.0220 e. The van der Waals surface area contributed by atoms with Gasteiger partial charge in [-0.25, -0.2) is 0 Å². The molecule has 15 heavy (non-hydrogen) atoms. The Labute approximate surface area is 95.4 Å². The Morgan fingerprint density at radius 1 is 1.40 bits per heavy atom. The highest BCUT2D eigenvalue weighted by Crippen LogP contribution is 2.19. The molecule has 0 spiro atoms. The number of hydrogen-bond donors (Lipinski definition) is 1. The summed E-state index contributed by atoms with van der Waals surface area (Å²) in [4.78, 5) is 2.71. The van der Waals surface area contributed by atoms with Gasteiger partial charge in [-0.15, -0.1) is 0 Å². The molecule has 0 radical (unpaired) electrons. The second-order valence-corrected chi connectivity index (χ2v) is 5.10. The molecule has 1 aliphatic heterocycles. The maximum Gasteiger partial charge on any atom is 0.0220 e. The van der Waals surface area contributed by atoms with Crippen molar-refractivity contribution in [2.75, 3.05) is 26.7 Å². The molecule has 1 aliphatic rings. The van der Waals surface area contributed by atoms with Crippen LogP contribution in [0.15, 0.2) is 0 Å². The van der Waals surface area contributed by atoms with Crippen molar-refractivity contribution in [2.45, 2.75) is 52.0 Å². The fraction of sp³-hybridized carbons (Fsp3) is 1.00. The van der Waals surface area contributed by atoms with Gasteiger partial charge in [-0.05, 0) is 38.8 Å². The summed E-state index contributed by atoms with van der Waals surface area (Å²) >= 11 is 0. The predicted molar refractivity (Wildman–Crippen MR) is 67.2 cm³/mol. The third-order valence-electron chi connectivity index (χ3n) is 3.52. The molecule has 2 atom stereocenters. The minimum atomic E-state index is 0.794. The highest BCUT2D eigenvalue weighted by atomic mass is 15.2. The van der Waals surface area contributed by atoms with Crippen molar-refractivity contribution < 1.29 is 0 Å². The molecule has 2 heteroatoms. The molecule has 0 aromatic heterocycles. The summed E-state index contributed by atoms with van der Waals surface area (Å²) in [6.07, 6.45) is 6.91. The van der Waals surface area contributed by atoms with E-state index in [9.17, 15) is 0 Å². The van der Waals surface area contributed by atoms with E-state index in [-0.39, 0.29) is 0 Å². The zero-order chi connectivity index (χ0) is 11.1. The minimum Gasteiger partial charge on any atom is -0.318 e. The fourth-order valence-electron chi connectivity index (χ4n) is 2.75. The lowest BCUT2D eigenvalue weighted by Gasteiger charge is -2.37. The summed E-state index contributed by atoms with van der Waals surface area (Å²) < 4.78 is 0. The Bertz CT molecular complexity index is 157. The third kappa shape index (κ3) is 4.52. The lowest BCUT2D eigenvalue weighted by Crippen LogP contribution is -2.46. The Kier molecular flexibility index (Phi) is 6.26. The van der Waals surface area contributed by atoms with Crippen LogP contribution in [-0.4, -0.2) is 37.6 Å². The molecule has 0 aliphatic carbocycles. The second-order valence-electron chi connectivity index (χ2n) is 5.10. The summed E-state index contributed by atoms with van der Waals surface area (Å²) in [6, 6.07) is 0.794. The zero-order valence-corrected chi connectivity index (χ0v) is 10.8. The van der Waals surface area contributed by atoms with Crippen LogP contribution in [0.5, 0.6) is 0 Å². The van der Waals surface area contributed by atoms with Crippen LogP contribution in [0.2, 0.25) is 0 Å². The number of hydrogen-bond acceptors (Lipinski definition) is 2. The second kappa shape index (κ2) is 7.24. The molecule has 0 saturated carbocycles. The van der Waals surface area contributed by atoms with Crippen LogP contribution in [0.4, 0.5) is 0 Å². The summed E-state index contributed by atoms with van der Waals surface area (Å²) in [5.41, 5.74) is 0. The Hall–Kier alpha value is -0.0800. The van der Waals surface area contributed by atoms with Crippen LogP contribution in [0, 0.1) is 5.92 Å². The maximum absolute atomic E-state index is 3.33. The lowest BCUT2D eigenvalue weighted by molar-refractivity contribution is 0.126. The summed E-state index contributed by atoms with van der Waals surface area (Å²) in [7, 11) is 2.07. The Morgan fingerprint density at radius 3 is 2.87 bits per heavy atom. The van der Waals surface area contributed by atoms with Crippen molar-refractivity contribution in [3.8, 4) is 0 Å². The zero-order valence-electron chi connectivity index (χ0n) is 10.8. The van der Waals surface area contributed by atoms with Gasteiger partial charge >= 0.3 is 0 Å². The number of nitrogens with zero attached hydrogens (tertiary/aromatic N) is 1. The average Bonchev–Trinajstić information content (AvgIpc) is 2.21. The van der Waals surface area contributed by atoms with E-state index < -0.39 is 0 Å². The van der Waals surface area contributed by atoms with Gasteiger partial charge in [-0.1, -0.05) is 26.7 Å². The molecule has 0 amide bonds. The fourth-order valence-corrected chi connectivity index (χ4v) is 2.75. The number of likely N-dealkylation sites (tertiary alicyclic amines) is 1. The van der Waals surface area contributed by atoms with Gasteiger partial charge in [0.1, 0.15) is 0 Å². The molecule has 1 N–H and O–H groups in total. The minimum absolute atomic E-state index is 0.794. The number of likely N-dealkylation sites (N-methyl/N-ethyl adjacent to an activating group) is 1. The van der Waals surface area contributed by atoms with Gasteiger partial charge in [0.15, 0.2) is 0 Å². The number of piperidine rings is 1. The largest absolute Gasteiger partial charge is 0.318 e. The maximum atomic E-state index is 3.33. The molecule has 0 aromatic carbocycles. The van der Waals surface area contributed by atoms with Crippen LogP contribution in [-0.2, 0) is 0 Å². The van der Waals surface area contributed by atoms with Crippen molar-refractivity contribution >= 4 is 0 Å². The van der Waals surface area contributed by atoms with Crippen molar-refractivity contribution in [3.63, 3.8) is 0 Å². The van der Waals surface area contributed by atoms with Gasteiger partial charge in [0.25, 0.3) is 0 Å². The molecule has 0 bridgehead atoms. The van der Waals surface area contributed by atoms with Gasteiger partial charge in [0, 0.05) is 19.1 Å². The van der Waals surface area contributed by atoms with Gasteiger partial charge < -0.3 is 5.32 Å². The van der Waals surface area contributed by atoms with Gasteiger partial charge in [0.2, 0.25) is 0 Å². The van der Waals surface area contributed by atoms with E-state index >= 15 is 0 Å². The molecular formula is C13H28N2. The highest BCUT2D eigenvalue weighted by Gasteiger charge is 2.22. The molecule has 1 rings (SSSR count). The van der Waals surface area contributed by atoms with E-state index in [1.54, 1.807) is 0 Å². The number of rotatable bonds is 6. The first-order valence-corrected chi connectivity index (χ1v) is 6.66. The van der Waals surface area contributed by atoms with Crippen LogP contribution < -0.4 is 5.32 Å². The number of nitrogens with one attached hydrogen (secondary N) is 1. The van der Waals surface area contributed by atoms with Gasteiger partial charge in [0.05, 0.1) is 0 Å². The topological polar surface area (TPSA) is 15.3 Å². The Morgan fingerprint density at radius 2 is 2.20 bits per heavy atom. The van der Waals surface area contributed by atoms with Crippen molar-refractivity contribution in [1.29, 1.82) is 0 Å². The third-order valence-corrected chi connectivity index (χ3v) is 3.52. The standard InChI is InChI=1S/C13H28N2/c1-4-7-12(2)11-15-9-6-5-8-13(15)10-14-3/h12-14H,4-11H2,1-3H3. The van der Waals surface area contributed by atoms with Gasteiger partial charge in [-0.2, -0.15) is 0 Å². The van der Waals surface area contributed by atoms with E-state index in [1.807, 2.05) is 0 Å². The van der Waals surface area contributed by atoms with E-state index in [1.165, 1.54) is 51.7 Å². The molecule has 90 valence electrons. The molecule has 1 fully saturated rings. The highest BCUT2D eigenvalue weighted by molar-refractivity contribution is 4.79. The van der Waals surface area contributed by atoms with Crippen LogP contribution in [0.3, 0.4) is 0 Å².